The summed E-state index contributed by atoms with van der Waals surface area (Å²) in [5.74, 6) is 1.09. The topological polar surface area (TPSA) is 17.8 Å². The molecule has 16 heavy (non-hydrogen) atoms. The number of rotatable bonds is 5. The number of imidazole rings is 1. The molecule has 0 saturated carbocycles. The summed E-state index contributed by atoms with van der Waals surface area (Å²) in [6.45, 7) is 3.75. The first-order valence-corrected chi connectivity index (χ1v) is 5.58. The van der Waals surface area contributed by atoms with Gasteiger partial charge in [0, 0.05) is 25.0 Å². The SMILES string of the molecule is C=Cn1ccnc1CCCc1ccccc1. The zero-order valence-electron chi connectivity index (χ0n) is 9.34. The molecule has 2 heteroatoms. The van der Waals surface area contributed by atoms with Crippen LogP contribution in [0.25, 0.3) is 6.20 Å². The van der Waals surface area contributed by atoms with Crippen LogP contribution in [0, 0.1) is 0 Å². The monoisotopic (exact) mass is 212 g/mol. The standard InChI is InChI=1S/C14H16N2/c1-2-16-12-11-15-14(16)10-6-9-13-7-4-3-5-8-13/h2-5,7-8,11-12H,1,6,9-10H2. The molecule has 2 aromatic rings. The largest absolute Gasteiger partial charge is 0.311 e. The Bertz CT molecular complexity index is 443. The fourth-order valence-corrected chi connectivity index (χ4v) is 1.80. The lowest BCUT2D eigenvalue weighted by molar-refractivity contribution is 0.765. The van der Waals surface area contributed by atoms with E-state index in [1.807, 2.05) is 23.0 Å². The van der Waals surface area contributed by atoms with Crippen LogP contribution in [-0.4, -0.2) is 9.55 Å². The maximum atomic E-state index is 4.31. The van der Waals surface area contributed by atoms with Crippen LogP contribution in [0.2, 0.25) is 0 Å². The first kappa shape index (κ1) is 10.7. The molecule has 0 fully saturated rings. The van der Waals surface area contributed by atoms with Crippen LogP contribution in [0.4, 0.5) is 0 Å². The Kier molecular flexibility index (Phi) is 3.54. The minimum absolute atomic E-state index is 0.994. The number of aromatic nitrogens is 2. The van der Waals surface area contributed by atoms with Crippen LogP contribution in [0.3, 0.4) is 0 Å². The van der Waals surface area contributed by atoms with Gasteiger partial charge in [0.25, 0.3) is 0 Å². The quantitative estimate of drug-likeness (QED) is 0.744. The smallest absolute Gasteiger partial charge is 0.112 e. The fraction of sp³-hybridized carbons (Fsp3) is 0.214. The Balaban J connectivity index is 1.87. The van der Waals surface area contributed by atoms with E-state index in [4.69, 9.17) is 0 Å². The summed E-state index contributed by atoms with van der Waals surface area (Å²) >= 11 is 0. The molecule has 0 amide bonds. The van der Waals surface area contributed by atoms with Crippen molar-refractivity contribution in [1.82, 2.24) is 9.55 Å². The van der Waals surface area contributed by atoms with Crippen LogP contribution < -0.4 is 0 Å². The van der Waals surface area contributed by atoms with Crippen molar-refractivity contribution in [3.8, 4) is 0 Å². The Morgan fingerprint density at radius 1 is 1.19 bits per heavy atom. The molecule has 0 bridgehead atoms. The summed E-state index contributed by atoms with van der Waals surface area (Å²) in [4.78, 5) is 4.31. The zero-order valence-corrected chi connectivity index (χ0v) is 9.34. The van der Waals surface area contributed by atoms with Gasteiger partial charge in [-0.2, -0.15) is 0 Å². The first-order valence-electron chi connectivity index (χ1n) is 5.58. The van der Waals surface area contributed by atoms with E-state index >= 15 is 0 Å². The second-order valence-corrected chi connectivity index (χ2v) is 3.77. The molecule has 0 saturated heterocycles. The van der Waals surface area contributed by atoms with Crippen LogP contribution in [0.5, 0.6) is 0 Å². The average Bonchev–Trinajstić information content (AvgIpc) is 2.78. The van der Waals surface area contributed by atoms with Gasteiger partial charge in [0.2, 0.25) is 0 Å². The summed E-state index contributed by atoms with van der Waals surface area (Å²) in [5.41, 5.74) is 1.39. The van der Waals surface area contributed by atoms with Gasteiger partial charge in [-0.15, -0.1) is 0 Å². The molecule has 0 atom stereocenters. The van der Waals surface area contributed by atoms with Gasteiger partial charge in [-0.25, -0.2) is 4.98 Å². The van der Waals surface area contributed by atoms with E-state index < -0.39 is 0 Å². The lowest BCUT2D eigenvalue weighted by Gasteiger charge is -2.02. The lowest BCUT2D eigenvalue weighted by Crippen LogP contribution is -1.97. The predicted molar refractivity (Wildman–Crippen MR) is 67.1 cm³/mol. The number of nitrogens with zero attached hydrogens (tertiary/aromatic N) is 2. The first-order chi connectivity index (χ1) is 7.90. The van der Waals surface area contributed by atoms with Crippen molar-refractivity contribution in [3.05, 3.63) is 60.7 Å². The molecule has 0 aliphatic heterocycles. The van der Waals surface area contributed by atoms with E-state index in [0.29, 0.717) is 0 Å². The lowest BCUT2D eigenvalue weighted by atomic mass is 10.1. The van der Waals surface area contributed by atoms with E-state index in [0.717, 1.165) is 25.1 Å². The molecule has 0 N–H and O–H groups in total. The molecule has 1 aromatic heterocycles. The zero-order chi connectivity index (χ0) is 11.2. The maximum Gasteiger partial charge on any atom is 0.112 e. The third-order valence-corrected chi connectivity index (χ3v) is 2.65. The average molecular weight is 212 g/mol. The summed E-state index contributed by atoms with van der Waals surface area (Å²) in [6.07, 6.45) is 8.77. The van der Waals surface area contributed by atoms with Crippen molar-refractivity contribution in [3.63, 3.8) is 0 Å². The summed E-state index contributed by atoms with van der Waals surface area (Å²) in [5, 5.41) is 0. The highest BCUT2D eigenvalue weighted by Crippen LogP contribution is 2.07. The molecule has 2 rings (SSSR count). The molecule has 1 heterocycles. The number of aryl methyl sites for hydroxylation is 2. The second-order valence-electron chi connectivity index (χ2n) is 3.77. The molecular formula is C14H16N2. The Morgan fingerprint density at radius 3 is 2.75 bits per heavy atom. The van der Waals surface area contributed by atoms with Gasteiger partial charge in [-0.05, 0) is 18.4 Å². The normalized spacial score (nSPS) is 10.2. The van der Waals surface area contributed by atoms with Crippen LogP contribution in [-0.2, 0) is 12.8 Å². The van der Waals surface area contributed by atoms with E-state index in [9.17, 15) is 0 Å². The van der Waals surface area contributed by atoms with Crippen LogP contribution in [0.1, 0.15) is 17.8 Å². The highest BCUT2D eigenvalue weighted by Gasteiger charge is 2.00. The summed E-state index contributed by atoms with van der Waals surface area (Å²) < 4.78 is 1.98. The van der Waals surface area contributed by atoms with Crippen molar-refractivity contribution in [2.24, 2.45) is 0 Å². The molecule has 0 aliphatic carbocycles. The number of hydrogen-bond donors (Lipinski definition) is 0. The minimum atomic E-state index is 0.994. The molecule has 2 nitrogen and oxygen atoms in total. The van der Waals surface area contributed by atoms with Crippen molar-refractivity contribution >= 4 is 6.20 Å². The van der Waals surface area contributed by atoms with E-state index in [-0.39, 0.29) is 0 Å². The van der Waals surface area contributed by atoms with Crippen LogP contribution in [0.15, 0.2) is 49.3 Å². The highest BCUT2D eigenvalue weighted by atomic mass is 15.0. The van der Waals surface area contributed by atoms with Gasteiger partial charge in [0.05, 0.1) is 0 Å². The molecule has 82 valence electrons. The third kappa shape index (κ3) is 2.60. The Morgan fingerprint density at radius 2 is 2.00 bits per heavy atom. The predicted octanol–water partition coefficient (Wildman–Crippen LogP) is 3.16. The van der Waals surface area contributed by atoms with Crippen molar-refractivity contribution in [2.75, 3.05) is 0 Å². The van der Waals surface area contributed by atoms with Gasteiger partial charge in [0.1, 0.15) is 5.82 Å². The third-order valence-electron chi connectivity index (χ3n) is 2.65. The van der Waals surface area contributed by atoms with Gasteiger partial charge >= 0.3 is 0 Å². The van der Waals surface area contributed by atoms with Gasteiger partial charge in [-0.1, -0.05) is 36.9 Å². The van der Waals surface area contributed by atoms with E-state index in [1.54, 1.807) is 6.20 Å². The van der Waals surface area contributed by atoms with E-state index in [1.165, 1.54) is 5.56 Å². The van der Waals surface area contributed by atoms with Crippen LogP contribution >= 0.6 is 0 Å². The molecular weight excluding hydrogens is 196 g/mol. The summed E-state index contributed by atoms with van der Waals surface area (Å²) in [7, 11) is 0. The molecule has 0 radical (unpaired) electrons. The van der Waals surface area contributed by atoms with Gasteiger partial charge in [-0.3, -0.25) is 0 Å². The van der Waals surface area contributed by atoms with Crippen molar-refractivity contribution < 1.29 is 0 Å². The maximum absolute atomic E-state index is 4.31. The second kappa shape index (κ2) is 5.31. The van der Waals surface area contributed by atoms with E-state index in [2.05, 4.69) is 35.8 Å². The molecule has 1 aromatic carbocycles. The molecule has 0 unspecified atom stereocenters. The Hall–Kier alpha value is -1.83. The fourth-order valence-electron chi connectivity index (χ4n) is 1.80. The van der Waals surface area contributed by atoms with Gasteiger partial charge < -0.3 is 4.57 Å². The number of benzene rings is 1. The number of hydrogen-bond acceptors (Lipinski definition) is 1. The van der Waals surface area contributed by atoms with Gasteiger partial charge in [0.15, 0.2) is 0 Å². The van der Waals surface area contributed by atoms with Crippen molar-refractivity contribution in [1.29, 1.82) is 0 Å². The van der Waals surface area contributed by atoms with Crippen molar-refractivity contribution in [2.45, 2.75) is 19.3 Å². The minimum Gasteiger partial charge on any atom is -0.311 e. The Labute approximate surface area is 96.3 Å². The summed E-state index contributed by atoms with van der Waals surface area (Å²) in [6, 6.07) is 10.5. The highest BCUT2D eigenvalue weighted by molar-refractivity contribution is 5.20. The molecule has 0 spiro atoms. The molecule has 0 aliphatic rings.